The number of thioether (sulfide) groups is 1. The van der Waals surface area contributed by atoms with Crippen LogP contribution in [0.25, 0.3) is 0 Å². The Morgan fingerprint density at radius 1 is 1.07 bits per heavy atom. The van der Waals surface area contributed by atoms with Crippen LogP contribution in [0, 0.1) is 0 Å². The van der Waals surface area contributed by atoms with Gasteiger partial charge >= 0.3 is 0 Å². The van der Waals surface area contributed by atoms with Crippen LogP contribution in [0.5, 0.6) is 0 Å². The van der Waals surface area contributed by atoms with Gasteiger partial charge in [-0.3, -0.25) is 0 Å². The maximum atomic E-state index is 9.77. The number of ether oxygens (including phenoxy) is 2. The first-order valence-electron chi connectivity index (χ1n) is 4.79. The molecule has 2 aliphatic rings. The van der Waals surface area contributed by atoms with Gasteiger partial charge in [0.2, 0.25) is 0 Å². The Labute approximate surface area is 87.6 Å². The predicted octanol–water partition coefficient (Wildman–Crippen LogP) is -0.0249. The molecule has 0 aromatic carbocycles. The van der Waals surface area contributed by atoms with E-state index in [9.17, 15) is 10.2 Å². The van der Waals surface area contributed by atoms with Crippen molar-refractivity contribution in [2.45, 2.75) is 44.1 Å². The van der Waals surface area contributed by atoms with Crippen LogP contribution in [0.4, 0.5) is 0 Å². The minimum Gasteiger partial charge on any atom is -0.389 e. The summed E-state index contributed by atoms with van der Waals surface area (Å²) in [4.78, 5) is 0. The fraction of sp³-hybridized carbons (Fsp3) is 1.00. The van der Waals surface area contributed by atoms with Gasteiger partial charge < -0.3 is 19.7 Å². The second kappa shape index (κ2) is 3.64. The van der Waals surface area contributed by atoms with E-state index < -0.39 is 30.2 Å². The van der Waals surface area contributed by atoms with E-state index in [1.165, 1.54) is 11.8 Å². The standard InChI is InChI=1S/C9H16O4S/c1-9(2)12-7-5(10)3-14-4-6(11)8(7)13-9/h5-8,10-11H,3-4H2,1-2H3/t5-,6-,7+,8+/m0/s1. The SMILES string of the molecule is CC1(C)O[C@H]2[C@H](O1)[C@@H](O)CSC[C@@H]2O. The Hall–Kier alpha value is 0.190. The van der Waals surface area contributed by atoms with E-state index in [0.717, 1.165) is 0 Å². The molecule has 2 heterocycles. The maximum Gasteiger partial charge on any atom is 0.164 e. The summed E-state index contributed by atoms with van der Waals surface area (Å²) in [6.45, 7) is 3.60. The Bertz CT molecular complexity index is 201. The predicted molar refractivity (Wildman–Crippen MR) is 53.2 cm³/mol. The molecule has 2 fully saturated rings. The fourth-order valence-corrected chi connectivity index (χ4v) is 2.91. The summed E-state index contributed by atoms with van der Waals surface area (Å²) in [6.07, 6.45) is -1.89. The van der Waals surface area contributed by atoms with Gasteiger partial charge in [0.15, 0.2) is 5.79 Å². The lowest BCUT2D eigenvalue weighted by atomic mass is 10.1. The van der Waals surface area contributed by atoms with Crippen molar-refractivity contribution in [2.24, 2.45) is 0 Å². The van der Waals surface area contributed by atoms with Gasteiger partial charge in [-0.05, 0) is 13.8 Å². The van der Waals surface area contributed by atoms with Crippen molar-refractivity contribution >= 4 is 11.8 Å². The molecule has 5 heteroatoms. The molecule has 0 saturated carbocycles. The van der Waals surface area contributed by atoms with Crippen LogP contribution < -0.4 is 0 Å². The van der Waals surface area contributed by atoms with E-state index in [4.69, 9.17) is 9.47 Å². The second-order valence-corrected chi connectivity index (χ2v) is 5.31. The zero-order valence-corrected chi connectivity index (χ0v) is 9.16. The molecular formula is C9H16O4S. The highest BCUT2D eigenvalue weighted by atomic mass is 32.2. The molecule has 14 heavy (non-hydrogen) atoms. The molecule has 0 aliphatic carbocycles. The molecule has 4 nitrogen and oxygen atoms in total. The molecule has 2 N–H and O–H groups in total. The molecule has 0 amide bonds. The van der Waals surface area contributed by atoms with Gasteiger partial charge in [0.1, 0.15) is 12.2 Å². The average Bonchev–Trinajstić information content (AvgIpc) is 2.35. The molecule has 2 aliphatic heterocycles. The third-order valence-corrected chi connectivity index (χ3v) is 3.65. The van der Waals surface area contributed by atoms with Crippen molar-refractivity contribution in [2.75, 3.05) is 11.5 Å². The van der Waals surface area contributed by atoms with Crippen LogP contribution in [-0.4, -0.2) is 51.9 Å². The molecule has 0 bridgehead atoms. The highest BCUT2D eigenvalue weighted by Crippen LogP contribution is 2.35. The van der Waals surface area contributed by atoms with Crippen LogP contribution in [0.2, 0.25) is 0 Å². The van der Waals surface area contributed by atoms with E-state index >= 15 is 0 Å². The smallest absolute Gasteiger partial charge is 0.164 e. The minimum absolute atomic E-state index is 0.394. The van der Waals surface area contributed by atoms with E-state index in [1.54, 1.807) is 13.8 Å². The zero-order chi connectivity index (χ0) is 10.3. The number of rotatable bonds is 0. The van der Waals surface area contributed by atoms with Gasteiger partial charge in [-0.1, -0.05) is 0 Å². The topological polar surface area (TPSA) is 58.9 Å². The van der Waals surface area contributed by atoms with Gasteiger partial charge in [0, 0.05) is 11.5 Å². The third-order valence-electron chi connectivity index (χ3n) is 2.50. The lowest BCUT2D eigenvalue weighted by molar-refractivity contribution is -0.159. The van der Waals surface area contributed by atoms with Crippen LogP contribution in [-0.2, 0) is 9.47 Å². The molecule has 0 unspecified atom stereocenters. The largest absolute Gasteiger partial charge is 0.389 e. The van der Waals surface area contributed by atoms with E-state index in [2.05, 4.69) is 0 Å². The summed E-state index contributed by atoms with van der Waals surface area (Å²) in [5, 5.41) is 19.5. The molecular weight excluding hydrogens is 204 g/mol. The van der Waals surface area contributed by atoms with Crippen LogP contribution >= 0.6 is 11.8 Å². The number of fused-ring (bicyclic) bond motifs is 1. The van der Waals surface area contributed by atoms with Crippen molar-refractivity contribution in [3.05, 3.63) is 0 Å². The van der Waals surface area contributed by atoms with Crippen molar-refractivity contribution in [1.29, 1.82) is 0 Å². The van der Waals surface area contributed by atoms with Crippen molar-refractivity contribution < 1.29 is 19.7 Å². The molecule has 2 saturated heterocycles. The fourth-order valence-electron chi connectivity index (χ4n) is 1.91. The van der Waals surface area contributed by atoms with E-state index in [0.29, 0.717) is 11.5 Å². The monoisotopic (exact) mass is 220 g/mol. The average molecular weight is 220 g/mol. The molecule has 0 aromatic rings. The minimum atomic E-state index is -0.695. The van der Waals surface area contributed by atoms with Crippen LogP contribution in [0.3, 0.4) is 0 Å². The highest BCUT2D eigenvalue weighted by Gasteiger charge is 2.49. The quantitative estimate of drug-likeness (QED) is 0.600. The normalized spacial score (nSPS) is 47.1. The van der Waals surface area contributed by atoms with Crippen molar-refractivity contribution in [3.63, 3.8) is 0 Å². The van der Waals surface area contributed by atoms with E-state index in [1.807, 2.05) is 0 Å². The lowest BCUT2D eigenvalue weighted by Crippen LogP contribution is -2.41. The van der Waals surface area contributed by atoms with Gasteiger partial charge in [0.25, 0.3) is 0 Å². The number of aliphatic hydroxyl groups is 2. The van der Waals surface area contributed by atoms with Gasteiger partial charge in [-0.25, -0.2) is 0 Å². The summed E-state index contributed by atoms with van der Waals surface area (Å²) < 4.78 is 11.1. The van der Waals surface area contributed by atoms with Gasteiger partial charge in [-0.2, -0.15) is 11.8 Å². The van der Waals surface area contributed by atoms with Crippen molar-refractivity contribution in [1.82, 2.24) is 0 Å². The third kappa shape index (κ3) is 1.92. The van der Waals surface area contributed by atoms with Gasteiger partial charge in [-0.15, -0.1) is 0 Å². The summed E-state index contributed by atoms with van der Waals surface area (Å²) in [7, 11) is 0. The zero-order valence-electron chi connectivity index (χ0n) is 8.34. The highest BCUT2D eigenvalue weighted by molar-refractivity contribution is 7.99. The molecule has 2 rings (SSSR count). The Morgan fingerprint density at radius 2 is 1.50 bits per heavy atom. The Morgan fingerprint density at radius 3 is 1.93 bits per heavy atom. The summed E-state index contributed by atoms with van der Waals surface area (Å²) in [5.74, 6) is 0.495. The Balaban J connectivity index is 2.16. The lowest BCUT2D eigenvalue weighted by Gasteiger charge is -2.20. The number of hydrogen-bond donors (Lipinski definition) is 2. The van der Waals surface area contributed by atoms with Crippen LogP contribution in [0.15, 0.2) is 0 Å². The van der Waals surface area contributed by atoms with Crippen LogP contribution in [0.1, 0.15) is 13.8 Å². The first-order chi connectivity index (χ1) is 6.49. The second-order valence-electron chi connectivity index (χ2n) is 4.24. The van der Waals surface area contributed by atoms with E-state index in [-0.39, 0.29) is 0 Å². The molecule has 0 radical (unpaired) electrons. The van der Waals surface area contributed by atoms with Crippen molar-refractivity contribution in [3.8, 4) is 0 Å². The maximum absolute atomic E-state index is 9.77. The first-order valence-corrected chi connectivity index (χ1v) is 5.94. The summed E-state index contributed by atoms with van der Waals surface area (Å²) in [5.41, 5.74) is 0. The molecule has 0 aromatic heterocycles. The molecule has 82 valence electrons. The first kappa shape index (κ1) is 10.7. The van der Waals surface area contributed by atoms with Gasteiger partial charge in [0.05, 0.1) is 12.2 Å². The number of hydrogen-bond acceptors (Lipinski definition) is 5. The molecule has 4 atom stereocenters. The Kier molecular flexibility index (Phi) is 2.79. The summed E-state index contributed by atoms with van der Waals surface area (Å²) >= 11 is 1.53. The summed E-state index contributed by atoms with van der Waals surface area (Å²) in [6, 6.07) is 0. The molecule has 0 spiro atoms. The number of aliphatic hydroxyl groups excluding tert-OH is 2.